The first-order valence-electron chi connectivity index (χ1n) is 7.11. The molecule has 108 valence electrons. The highest BCUT2D eigenvalue weighted by Gasteiger charge is 2.27. The van der Waals surface area contributed by atoms with Gasteiger partial charge in [-0.25, -0.2) is 0 Å². The van der Waals surface area contributed by atoms with Crippen molar-refractivity contribution in [2.75, 3.05) is 0 Å². The highest BCUT2D eigenvalue weighted by atomic mass is 16.5. The molecule has 0 spiro atoms. The fourth-order valence-electron chi connectivity index (χ4n) is 2.09. The molecule has 0 fully saturated rings. The molecular formula is C17H28O2. The number of allylic oxidation sites excluding steroid dienone is 3. The number of rotatable bonds is 2. The van der Waals surface area contributed by atoms with Gasteiger partial charge in [-0.1, -0.05) is 33.8 Å². The normalized spacial score (nSPS) is 20.7. The quantitative estimate of drug-likeness (QED) is 0.666. The second-order valence-corrected chi connectivity index (χ2v) is 7.89. The van der Waals surface area contributed by atoms with Gasteiger partial charge in [0.05, 0.1) is 5.41 Å². The largest absolute Gasteiger partial charge is 0.426 e. The van der Waals surface area contributed by atoms with Crippen LogP contribution in [-0.2, 0) is 9.53 Å². The van der Waals surface area contributed by atoms with Gasteiger partial charge in [-0.15, -0.1) is 0 Å². The molecule has 0 saturated heterocycles. The monoisotopic (exact) mass is 264 g/mol. The number of esters is 1. The van der Waals surface area contributed by atoms with Gasteiger partial charge in [-0.3, -0.25) is 4.79 Å². The second-order valence-electron chi connectivity index (χ2n) is 7.89. The van der Waals surface area contributed by atoms with Gasteiger partial charge in [0.2, 0.25) is 0 Å². The maximum Gasteiger partial charge on any atom is 0.316 e. The Kier molecular flexibility index (Phi) is 4.65. The first-order chi connectivity index (χ1) is 8.49. The lowest BCUT2D eigenvalue weighted by Gasteiger charge is -2.27. The SMILES string of the molecule is CC1C=CC(OC(=O)C(C)(C)C)=C(CC(C)(C)C)C1. The van der Waals surface area contributed by atoms with Crippen LogP contribution in [0.1, 0.15) is 61.3 Å². The fraction of sp³-hybridized carbons (Fsp3) is 0.706. The molecule has 0 aromatic heterocycles. The van der Waals surface area contributed by atoms with Gasteiger partial charge in [-0.2, -0.15) is 0 Å². The minimum atomic E-state index is -0.462. The molecule has 0 heterocycles. The van der Waals surface area contributed by atoms with Crippen molar-refractivity contribution in [3.63, 3.8) is 0 Å². The van der Waals surface area contributed by atoms with Crippen LogP contribution in [0.2, 0.25) is 0 Å². The number of hydrogen-bond donors (Lipinski definition) is 0. The third-order valence-electron chi connectivity index (χ3n) is 3.05. The Bertz CT molecular complexity index is 400. The number of ether oxygens (including phenoxy) is 1. The van der Waals surface area contributed by atoms with Crippen molar-refractivity contribution in [1.29, 1.82) is 0 Å². The Morgan fingerprint density at radius 1 is 1.26 bits per heavy atom. The van der Waals surface area contributed by atoms with Crippen LogP contribution in [0.5, 0.6) is 0 Å². The van der Waals surface area contributed by atoms with E-state index < -0.39 is 5.41 Å². The average molecular weight is 264 g/mol. The Labute approximate surface area is 117 Å². The van der Waals surface area contributed by atoms with E-state index in [0.717, 1.165) is 18.6 Å². The van der Waals surface area contributed by atoms with Gasteiger partial charge < -0.3 is 4.74 Å². The Balaban J connectivity index is 2.94. The summed E-state index contributed by atoms with van der Waals surface area (Å²) in [6, 6.07) is 0. The van der Waals surface area contributed by atoms with Crippen molar-refractivity contribution in [1.82, 2.24) is 0 Å². The first-order valence-corrected chi connectivity index (χ1v) is 7.11. The average Bonchev–Trinajstić information content (AvgIpc) is 2.18. The maximum atomic E-state index is 12.0. The van der Waals surface area contributed by atoms with E-state index in [-0.39, 0.29) is 11.4 Å². The van der Waals surface area contributed by atoms with Crippen LogP contribution >= 0.6 is 0 Å². The van der Waals surface area contributed by atoms with E-state index in [0.29, 0.717) is 5.92 Å². The summed E-state index contributed by atoms with van der Waals surface area (Å²) < 4.78 is 5.62. The lowest BCUT2D eigenvalue weighted by atomic mass is 9.82. The number of carbonyl (C=O) groups is 1. The van der Waals surface area contributed by atoms with Crippen molar-refractivity contribution < 1.29 is 9.53 Å². The molecule has 0 N–H and O–H groups in total. The summed E-state index contributed by atoms with van der Waals surface area (Å²) >= 11 is 0. The molecule has 1 rings (SSSR count). The third-order valence-corrected chi connectivity index (χ3v) is 3.05. The van der Waals surface area contributed by atoms with E-state index in [1.807, 2.05) is 26.8 Å². The summed E-state index contributed by atoms with van der Waals surface area (Å²) in [6.07, 6.45) is 6.05. The van der Waals surface area contributed by atoms with Crippen molar-refractivity contribution >= 4 is 5.97 Å². The standard InChI is InChI=1S/C17H28O2/c1-12-8-9-14(19-15(18)17(5,6)7)13(10-12)11-16(2,3)4/h8-9,12H,10-11H2,1-7H3. The predicted molar refractivity (Wildman–Crippen MR) is 79.6 cm³/mol. The number of carbonyl (C=O) groups excluding carboxylic acids is 1. The summed E-state index contributed by atoms with van der Waals surface area (Å²) in [5.41, 5.74) is 1.01. The molecule has 0 saturated carbocycles. The molecule has 1 unspecified atom stereocenters. The summed E-state index contributed by atoms with van der Waals surface area (Å²) in [4.78, 5) is 12.0. The summed E-state index contributed by atoms with van der Waals surface area (Å²) in [5.74, 6) is 1.13. The molecule has 1 aliphatic rings. The smallest absolute Gasteiger partial charge is 0.316 e. The Morgan fingerprint density at radius 2 is 1.84 bits per heavy atom. The van der Waals surface area contributed by atoms with Gasteiger partial charge in [0.1, 0.15) is 5.76 Å². The van der Waals surface area contributed by atoms with Gasteiger partial charge in [-0.05, 0) is 56.6 Å². The zero-order valence-electron chi connectivity index (χ0n) is 13.5. The molecular weight excluding hydrogens is 236 g/mol. The van der Waals surface area contributed by atoms with Crippen LogP contribution in [-0.4, -0.2) is 5.97 Å². The molecule has 2 heteroatoms. The van der Waals surface area contributed by atoms with E-state index in [1.54, 1.807) is 0 Å². The topological polar surface area (TPSA) is 26.3 Å². The van der Waals surface area contributed by atoms with Crippen LogP contribution in [0.15, 0.2) is 23.5 Å². The molecule has 2 nitrogen and oxygen atoms in total. The molecule has 0 bridgehead atoms. The molecule has 0 aromatic rings. The van der Waals surface area contributed by atoms with Gasteiger partial charge in [0.25, 0.3) is 0 Å². The lowest BCUT2D eigenvalue weighted by molar-refractivity contribution is -0.148. The second kappa shape index (κ2) is 5.52. The molecule has 19 heavy (non-hydrogen) atoms. The minimum absolute atomic E-state index is 0.159. The minimum Gasteiger partial charge on any atom is -0.426 e. The van der Waals surface area contributed by atoms with Crippen LogP contribution in [0.3, 0.4) is 0 Å². The fourth-order valence-corrected chi connectivity index (χ4v) is 2.09. The van der Waals surface area contributed by atoms with Crippen LogP contribution in [0, 0.1) is 16.7 Å². The molecule has 1 atom stereocenters. The molecule has 1 aliphatic carbocycles. The molecule has 0 aliphatic heterocycles. The van der Waals surface area contributed by atoms with Crippen LogP contribution in [0.4, 0.5) is 0 Å². The molecule has 0 amide bonds. The van der Waals surface area contributed by atoms with E-state index in [4.69, 9.17) is 4.74 Å². The summed E-state index contributed by atoms with van der Waals surface area (Å²) in [5, 5.41) is 0. The first kappa shape index (κ1) is 16.0. The van der Waals surface area contributed by atoms with E-state index in [2.05, 4.69) is 33.8 Å². The van der Waals surface area contributed by atoms with E-state index >= 15 is 0 Å². The van der Waals surface area contributed by atoms with Gasteiger partial charge in [0, 0.05) is 0 Å². The highest BCUT2D eigenvalue weighted by Crippen LogP contribution is 2.34. The Morgan fingerprint density at radius 3 is 2.32 bits per heavy atom. The van der Waals surface area contributed by atoms with Gasteiger partial charge in [0.15, 0.2) is 0 Å². The lowest BCUT2D eigenvalue weighted by Crippen LogP contribution is -2.24. The van der Waals surface area contributed by atoms with Crippen molar-refractivity contribution in [2.45, 2.75) is 61.3 Å². The van der Waals surface area contributed by atoms with Crippen LogP contribution in [0.25, 0.3) is 0 Å². The highest BCUT2D eigenvalue weighted by molar-refractivity contribution is 5.76. The Hall–Kier alpha value is -1.05. The predicted octanol–water partition coefficient (Wildman–Crippen LogP) is 4.86. The van der Waals surface area contributed by atoms with Gasteiger partial charge >= 0.3 is 5.97 Å². The third kappa shape index (κ3) is 5.22. The molecule has 0 aromatic carbocycles. The van der Waals surface area contributed by atoms with Crippen molar-refractivity contribution in [3.05, 3.63) is 23.5 Å². The maximum absolute atomic E-state index is 12.0. The van der Waals surface area contributed by atoms with Crippen molar-refractivity contribution in [2.24, 2.45) is 16.7 Å². The van der Waals surface area contributed by atoms with Crippen LogP contribution < -0.4 is 0 Å². The molecule has 0 radical (unpaired) electrons. The van der Waals surface area contributed by atoms with E-state index in [9.17, 15) is 4.79 Å². The number of hydrogen-bond acceptors (Lipinski definition) is 2. The van der Waals surface area contributed by atoms with Crippen molar-refractivity contribution in [3.8, 4) is 0 Å². The summed E-state index contributed by atoms with van der Waals surface area (Å²) in [6.45, 7) is 14.5. The van der Waals surface area contributed by atoms with E-state index in [1.165, 1.54) is 5.57 Å². The zero-order chi connectivity index (χ0) is 14.8. The summed E-state index contributed by atoms with van der Waals surface area (Å²) in [7, 11) is 0. The zero-order valence-corrected chi connectivity index (χ0v) is 13.5.